The molecule has 0 saturated carbocycles. The van der Waals surface area contributed by atoms with E-state index in [0.29, 0.717) is 11.5 Å². The summed E-state index contributed by atoms with van der Waals surface area (Å²) < 4.78 is 0. The van der Waals surface area contributed by atoms with Crippen LogP contribution in [0.4, 0.5) is 0 Å². The Labute approximate surface area is 147 Å². The Bertz CT molecular complexity index is 819. The molecule has 3 radical (unpaired) electrons. The van der Waals surface area contributed by atoms with Crippen molar-refractivity contribution in [3.8, 4) is 0 Å². The number of rotatable bonds is 1. The van der Waals surface area contributed by atoms with E-state index in [-0.39, 0.29) is 5.38 Å². The molecule has 0 amide bonds. The molecule has 2 aliphatic carbocycles. The van der Waals surface area contributed by atoms with Crippen molar-refractivity contribution < 1.29 is 0 Å². The first-order valence-electron chi connectivity index (χ1n) is 8.28. The van der Waals surface area contributed by atoms with Gasteiger partial charge in [0.2, 0.25) is 0 Å². The SMILES string of the molecule is CC1=C(c2ccccc2)c2c(cc3c(c2C)C(C)C(Cl)C3)C1[Si]. The monoisotopic (exact) mass is 335 g/mol. The lowest BCUT2D eigenvalue weighted by atomic mass is 9.87. The van der Waals surface area contributed by atoms with Crippen LogP contribution in [0.5, 0.6) is 0 Å². The lowest BCUT2D eigenvalue weighted by Gasteiger charge is -2.18. The van der Waals surface area contributed by atoms with Crippen LogP contribution in [0, 0.1) is 6.92 Å². The van der Waals surface area contributed by atoms with Crippen LogP contribution < -0.4 is 0 Å². The standard InChI is InChI=1S/C21H20ClSi/c1-11-17(22)10-15-9-16-20(12(2)18(11)15)19(13(3)21(16)23)14-7-5-4-6-8-14/h4-9,11,17,21H,10H2,1-3H3. The van der Waals surface area contributed by atoms with Gasteiger partial charge in [0.1, 0.15) is 0 Å². The molecular weight excluding hydrogens is 316 g/mol. The maximum absolute atomic E-state index is 6.56. The summed E-state index contributed by atoms with van der Waals surface area (Å²) in [6.07, 6.45) is 0.991. The Balaban J connectivity index is 1.99. The fraction of sp³-hybridized carbons (Fsp3) is 0.333. The quantitative estimate of drug-likeness (QED) is 0.489. The zero-order valence-electron chi connectivity index (χ0n) is 13.8. The minimum Gasteiger partial charge on any atom is -0.122 e. The van der Waals surface area contributed by atoms with Crippen LogP contribution in [0.25, 0.3) is 5.57 Å². The Kier molecular flexibility index (Phi) is 3.55. The Morgan fingerprint density at radius 3 is 2.52 bits per heavy atom. The molecule has 2 aromatic carbocycles. The van der Waals surface area contributed by atoms with Crippen LogP contribution >= 0.6 is 11.6 Å². The number of alkyl halides is 1. The van der Waals surface area contributed by atoms with Gasteiger partial charge in [0.15, 0.2) is 0 Å². The first-order valence-corrected chi connectivity index (χ1v) is 9.30. The summed E-state index contributed by atoms with van der Waals surface area (Å²) >= 11 is 6.56. The van der Waals surface area contributed by atoms with Crippen molar-refractivity contribution in [1.29, 1.82) is 0 Å². The average Bonchev–Trinajstić information content (AvgIpc) is 2.97. The van der Waals surface area contributed by atoms with Crippen molar-refractivity contribution in [3.05, 3.63) is 75.4 Å². The molecule has 2 heteroatoms. The van der Waals surface area contributed by atoms with Crippen molar-refractivity contribution in [2.24, 2.45) is 0 Å². The Hall–Kier alpha value is -1.31. The third-order valence-corrected chi connectivity index (χ3v) is 6.88. The first-order chi connectivity index (χ1) is 11.0. The highest BCUT2D eigenvalue weighted by molar-refractivity contribution is 6.22. The summed E-state index contributed by atoms with van der Waals surface area (Å²) in [5.74, 6) is 0.433. The lowest BCUT2D eigenvalue weighted by molar-refractivity contribution is 0.753. The van der Waals surface area contributed by atoms with Crippen LogP contribution in [0.3, 0.4) is 0 Å². The number of hydrogen-bond donors (Lipinski definition) is 0. The average molecular weight is 336 g/mol. The molecule has 3 atom stereocenters. The van der Waals surface area contributed by atoms with Gasteiger partial charge in [0.25, 0.3) is 0 Å². The summed E-state index contributed by atoms with van der Waals surface area (Å²) in [7, 11) is 3.98. The number of benzene rings is 2. The topological polar surface area (TPSA) is 0 Å². The highest BCUT2D eigenvalue weighted by atomic mass is 35.5. The third kappa shape index (κ3) is 2.10. The van der Waals surface area contributed by atoms with E-state index < -0.39 is 0 Å². The van der Waals surface area contributed by atoms with Gasteiger partial charge in [-0.2, -0.15) is 0 Å². The maximum Gasteiger partial charge on any atom is 0.0442 e. The minimum absolute atomic E-state index is 0.227. The predicted octanol–water partition coefficient (Wildman–Crippen LogP) is 5.31. The van der Waals surface area contributed by atoms with E-state index in [9.17, 15) is 0 Å². The molecule has 23 heavy (non-hydrogen) atoms. The second-order valence-corrected chi connectivity index (χ2v) is 8.04. The van der Waals surface area contributed by atoms with E-state index in [1.54, 1.807) is 0 Å². The molecule has 115 valence electrons. The number of halogens is 1. The Morgan fingerprint density at radius 2 is 1.83 bits per heavy atom. The van der Waals surface area contributed by atoms with Crippen LogP contribution in [0.1, 0.15) is 58.7 Å². The molecule has 0 aliphatic heterocycles. The molecular formula is C21H20ClSi. The van der Waals surface area contributed by atoms with Gasteiger partial charge in [0.05, 0.1) is 0 Å². The van der Waals surface area contributed by atoms with Crippen molar-refractivity contribution >= 4 is 27.4 Å². The molecule has 0 saturated heterocycles. The molecule has 0 nitrogen and oxygen atoms in total. The second-order valence-electron chi connectivity index (χ2n) is 6.90. The summed E-state index contributed by atoms with van der Waals surface area (Å²) in [5.41, 5.74) is 11.6. The van der Waals surface area contributed by atoms with Gasteiger partial charge in [0, 0.05) is 15.6 Å². The molecule has 0 fully saturated rings. The molecule has 2 aromatic rings. The largest absolute Gasteiger partial charge is 0.122 e. The third-order valence-electron chi connectivity index (χ3n) is 5.61. The maximum atomic E-state index is 6.56. The van der Waals surface area contributed by atoms with E-state index in [4.69, 9.17) is 11.6 Å². The number of fused-ring (bicyclic) bond motifs is 2. The zero-order chi connectivity index (χ0) is 16.3. The van der Waals surface area contributed by atoms with Crippen LogP contribution in [-0.4, -0.2) is 15.6 Å². The number of hydrogen-bond acceptors (Lipinski definition) is 0. The second kappa shape index (κ2) is 5.36. The first kappa shape index (κ1) is 15.2. The van der Waals surface area contributed by atoms with Crippen molar-refractivity contribution in [1.82, 2.24) is 0 Å². The summed E-state index contributed by atoms with van der Waals surface area (Å²) in [5, 5.41) is 0.227. The predicted molar refractivity (Wildman–Crippen MR) is 99.6 cm³/mol. The van der Waals surface area contributed by atoms with Crippen molar-refractivity contribution in [3.63, 3.8) is 0 Å². The van der Waals surface area contributed by atoms with E-state index in [1.807, 2.05) is 0 Å². The van der Waals surface area contributed by atoms with Gasteiger partial charge < -0.3 is 0 Å². The fourth-order valence-corrected chi connectivity index (χ4v) is 5.08. The zero-order valence-corrected chi connectivity index (χ0v) is 15.5. The molecule has 2 aliphatic rings. The van der Waals surface area contributed by atoms with Gasteiger partial charge in [-0.15, -0.1) is 11.6 Å². The summed E-state index contributed by atoms with van der Waals surface area (Å²) in [6.45, 7) is 6.80. The highest BCUT2D eigenvalue weighted by Gasteiger charge is 2.35. The molecule has 0 spiro atoms. The van der Waals surface area contributed by atoms with Gasteiger partial charge in [-0.1, -0.05) is 48.9 Å². The fourth-order valence-electron chi connectivity index (χ4n) is 4.41. The van der Waals surface area contributed by atoms with Crippen LogP contribution in [0.15, 0.2) is 42.0 Å². The van der Waals surface area contributed by atoms with Gasteiger partial charge in [-0.05, 0) is 70.7 Å². The van der Waals surface area contributed by atoms with Crippen LogP contribution in [0.2, 0.25) is 0 Å². The van der Waals surface area contributed by atoms with Crippen molar-refractivity contribution in [2.75, 3.05) is 0 Å². The van der Waals surface area contributed by atoms with Crippen LogP contribution in [-0.2, 0) is 6.42 Å². The molecule has 0 heterocycles. The molecule has 3 unspecified atom stereocenters. The van der Waals surface area contributed by atoms with E-state index >= 15 is 0 Å². The lowest BCUT2D eigenvalue weighted by Crippen LogP contribution is -2.04. The van der Waals surface area contributed by atoms with Gasteiger partial charge in [-0.25, -0.2) is 0 Å². The summed E-state index contributed by atoms with van der Waals surface area (Å²) in [6, 6.07) is 13.2. The normalized spacial score (nSPS) is 25.7. The minimum atomic E-state index is 0.227. The molecule has 0 bridgehead atoms. The van der Waals surface area contributed by atoms with E-state index in [2.05, 4.69) is 67.4 Å². The molecule has 4 rings (SSSR count). The summed E-state index contributed by atoms with van der Waals surface area (Å²) in [4.78, 5) is 0. The molecule has 0 aromatic heterocycles. The van der Waals surface area contributed by atoms with Gasteiger partial charge in [-0.3, -0.25) is 0 Å². The number of allylic oxidation sites excluding steroid dienone is 1. The van der Waals surface area contributed by atoms with Crippen molar-refractivity contribution in [2.45, 2.75) is 44.0 Å². The van der Waals surface area contributed by atoms with E-state index in [1.165, 1.54) is 44.5 Å². The highest BCUT2D eigenvalue weighted by Crippen LogP contribution is 2.50. The van der Waals surface area contributed by atoms with E-state index in [0.717, 1.165) is 6.42 Å². The van der Waals surface area contributed by atoms with Gasteiger partial charge >= 0.3 is 0 Å². The molecule has 0 N–H and O–H groups in total. The Morgan fingerprint density at radius 1 is 1.13 bits per heavy atom. The smallest absolute Gasteiger partial charge is 0.0442 e.